The molecule has 18 heavy (non-hydrogen) atoms. The van der Waals surface area contributed by atoms with Crippen molar-refractivity contribution in [3.63, 3.8) is 0 Å². The van der Waals surface area contributed by atoms with E-state index in [0.29, 0.717) is 0 Å². The van der Waals surface area contributed by atoms with E-state index in [1.54, 1.807) is 12.3 Å². The van der Waals surface area contributed by atoms with Crippen molar-refractivity contribution in [2.24, 2.45) is 0 Å². The summed E-state index contributed by atoms with van der Waals surface area (Å²) in [5, 5.41) is 0. The molecule has 1 aromatic heterocycles. The third-order valence-electron chi connectivity index (χ3n) is 2.14. The summed E-state index contributed by atoms with van der Waals surface area (Å²) in [5.74, 6) is 0.753. The Hall–Kier alpha value is -1.47. The predicted molar refractivity (Wildman–Crippen MR) is 62.7 cm³/mol. The summed E-state index contributed by atoms with van der Waals surface area (Å²) in [6.07, 6.45) is 1.62. The van der Waals surface area contributed by atoms with Crippen LogP contribution in [0.4, 0.5) is 0 Å². The first-order valence-corrected chi connectivity index (χ1v) is 4.62. The summed E-state index contributed by atoms with van der Waals surface area (Å²) in [7, 11) is 0. The fourth-order valence-electron chi connectivity index (χ4n) is 1.19. The van der Waals surface area contributed by atoms with Crippen LogP contribution in [0.5, 0.6) is 0 Å². The van der Waals surface area contributed by atoms with Crippen molar-refractivity contribution >= 4 is 13.6 Å². The third kappa shape index (κ3) is 5.24. The van der Waals surface area contributed by atoms with Gasteiger partial charge in [0.25, 0.3) is 0 Å². The van der Waals surface area contributed by atoms with Crippen molar-refractivity contribution in [3.05, 3.63) is 47.7 Å². The molecule has 0 N–H and O–H groups in total. The van der Waals surface area contributed by atoms with Gasteiger partial charge in [0.05, 0.1) is 0 Å². The first-order valence-electron chi connectivity index (χ1n) is 4.62. The quantitative estimate of drug-likeness (QED) is 0.665. The topological polar surface area (TPSA) is 47.3 Å². The minimum absolute atomic E-state index is 0. The van der Waals surface area contributed by atoms with E-state index in [9.17, 15) is 0 Å². The average Bonchev–Trinajstić information content (AvgIpc) is 2.91. The van der Waals surface area contributed by atoms with Crippen LogP contribution in [0.1, 0.15) is 11.1 Å². The molecule has 0 unspecified atom stereocenters. The summed E-state index contributed by atoms with van der Waals surface area (Å²) in [4.78, 5) is 15.0. The predicted octanol–water partition coefficient (Wildman–Crippen LogP) is 2.37. The van der Waals surface area contributed by atoms with Crippen LogP contribution in [0.3, 0.4) is 0 Å². The van der Waals surface area contributed by atoms with Crippen LogP contribution in [0.2, 0.25) is 0 Å². The molecule has 4 heteroatoms. The van der Waals surface area contributed by atoms with E-state index in [0.717, 1.165) is 11.3 Å². The van der Waals surface area contributed by atoms with Crippen molar-refractivity contribution < 1.29 is 35.1 Å². The number of furan rings is 1. The van der Waals surface area contributed by atoms with Crippen molar-refractivity contribution in [2.75, 3.05) is 0 Å². The van der Waals surface area contributed by atoms with Gasteiger partial charge in [-0.05, 0) is 6.26 Å². The molecule has 0 amide bonds. The van der Waals surface area contributed by atoms with E-state index in [1.807, 2.05) is 6.07 Å². The van der Waals surface area contributed by atoms with E-state index in [4.69, 9.17) is 14.0 Å². The molecule has 0 atom stereocenters. The third-order valence-corrected chi connectivity index (χ3v) is 2.14. The molecule has 94 valence electrons. The number of hydrogen-bond acceptors (Lipinski definition) is 3. The van der Waals surface area contributed by atoms with Gasteiger partial charge in [0.2, 0.25) is 0 Å². The van der Waals surface area contributed by atoms with Gasteiger partial charge in [-0.2, -0.15) is 18.2 Å². The standard InChI is InChI=1S/C12H10O.2CO.Pt/c1-9-5-6-11(8-10(9)2)12-4-3-7-13-12;2*1-2;/h3,5,7-8H,1-2H3;;;/q-2;2*-1;+4. The smallest absolute Gasteiger partial charge is 0.590 e. The Bertz CT molecular complexity index is 436. The number of hydrogen-bond donors (Lipinski definition) is 0. The van der Waals surface area contributed by atoms with Gasteiger partial charge in [0.1, 0.15) is 0 Å². The zero-order chi connectivity index (χ0) is 13.3. The van der Waals surface area contributed by atoms with Crippen LogP contribution >= 0.6 is 0 Å². The van der Waals surface area contributed by atoms with Crippen molar-refractivity contribution in [1.82, 2.24) is 0 Å². The minimum atomic E-state index is 0. The summed E-state index contributed by atoms with van der Waals surface area (Å²) >= 11 is 0. The fourth-order valence-corrected chi connectivity index (χ4v) is 1.19. The molecule has 1 aromatic carbocycles. The van der Waals surface area contributed by atoms with E-state index in [-0.39, 0.29) is 21.1 Å². The molecule has 0 fully saturated rings. The number of benzene rings is 1. The SMILES string of the molecule is Cc1c[c-]c(-c2[c-]cco2)cc1C.[C-]=O.[C-]=O.[Pt+4]. The maximum atomic E-state index is 7.50. The van der Waals surface area contributed by atoms with Gasteiger partial charge in [-0.25, -0.2) is 11.6 Å². The molecule has 0 saturated heterocycles. The molecular weight excluding hydrogens is 411 g/mol. The molecule has 2 radical (unpaired) electrons. The van der Waals surface area contributed by atoms with Gasteiger partial charge >= 0.3 is 21.1 Å². The normalized spacial score (nSPS) is 7.89. The summed E-state index contributed by atoms with van der Waals surface area (Å²) in [5.41, 5.74) is 3.46. The van der Waals surface area contributed by atoms with Gasteiger partial charge in [0.15, 0.2) is 0 Å². The first kappa shape index (κ1) is 18.9. The number of aryl methyl sites for hydroxylation is 2. The van der Waals surface area contributed by atoms with Gasteiger partial charge in [-0.15, -0.1) is 17.2 Å². The van der Waals surface area contributed by atoms with E-state index in [1.165, 1.54) is 11.1 Å². The van der Waals surface area contributed by atoms with Crippen LogP contribution < -0.4 is 0 Å². The molecule has 3 nitrogen and oxygen atoms in total. The Morgan fingerprint density at radius 2 is 1.67 bits per heavy atom. The zero-order valence-corrected chi connectivity index (χ0v) is 12.1. The van der Waals surface area contributed by atoms with E-state index in [2.05, 4.69) is 45.6 Å². The summed E-state index contributed by atoms with van der Waals surface area (Å²) in [6, 6.07) is 12.0. The minimum Gasteiger partial charge on any atom is -0.590 e. The average molecular weight is 421 g/mol. The first-order chi connectivity index (χ1) is 8.27. The van der Waals surface area contributed by atoms with Gasteiger partial charge in [0, 0.05) is 0 Å². The van der Waals surface area contributed by atoms with Crippen molar-refractivity contribution in [3.8, 4) is 11.3 Å². The Kier molecular flexibility index (Phi) is 11.2. The van der Waals surface area contributed by atoms with Crippen LogP contribution in [0.25, 0.3) is 11.3 Å². The molecule has 0 spiro atoms. The van der Waals surface area contributed by atoms with Crippen LogP contribution in [0, 0.1) is 26.0 Å². The van der Waals surface area contributed by atoms with E-state index < -0.39 is 0 Å². The second kappa shape index (κ2) is 10.7. The van der Waals surface area contributed by atoms with Crippen LogP contribution in [0.15, 0.2) is 28.9 Å². The number of carbonyl (C=O) groups excluding carboxylic acids is 2. The molecule has 0 aliphatic heterocycles. The van der Waals surface area contributed by atoms with Gasteiger partial charge in [-0.1, -0.05) is 19.6 Å². The maximum Gasteiger partial charge on any atom is 4.00 e. The zero-order valence-electron chi connectivity index (χ0n) is 9.85. The molecule has 0 aliphatic carbocycles. The summed E-state index contributed by atoms with van der Waals surface area (Å²) in [6.45, 7) is 13.1. The second-order valence-electron chi connectivity index (χ2n) is 3.11. The largest absolute Gasteiger partial charge is 4.00 e. The van der Waals surface area contributed by atoms with Crippen LogP contribution in [-0.2, 0) is 30.7 Å². The second-order valence-corrected chi connectivity index (χ2v) is 3.11. The van der Waals surface area contributed by atoms with Gasteiger partial charge in [-0.3, -0.25) is 0 Å². The van der Waals surface area contributed by atoms with Crippen molar-refractivity contribution in [1.29, 1.82) is 0 Å². The molecule has 1 heterocycles. The Morgan fingerprint density at radius 1 is 1.06 bits per heavy atom. The van der Waals surface area contributed by atoms with Gasteiger partial charge < -0.3 is 27.6 Å². The number of rotatable bonds is 1. The Labute approximate surface area is 121 Å². The fraction of sp³-hybridized carbons (Fsp3) is 0.143. The monoisotopic (exact) mass is 421 g/mol. The molecule has 2 aromatic rings. The van der Waals surface area contributed by atoms with E-state index >= 15 is 0 Å². The Morgan fingerprint density at radius 3 is 2.11 bits per heavy atom. The molecule has 0 aliphatic rings. The molecule has 2 rings (SSSR count). The maximum absolute atomic E-state index is 7.50. The van der Waals surface area contributed by atoms with Crippen molar-refractivity contribution in [2.45, 2.75) is 13.8 Å². The summed E-state index contributed by atoms with van der Waals surface area (Å²) < 4.78 is 5.23. The molecular formula is C14H10O3Pt. The molecule has 0 saturated carbocycles. The van der Waals surface area contributed by atoms with Crippen LogP contribution in [-0.4, -0.2) is 13.6 Å². The Balaban J connectivity index is 0. The molecule has 0 bridgehead atoms.